The topological polar surface area (TPSA) is 106 Å². The van der Waals surface area contributed by atoms with E-state index < -0.39 is 12.1 Å². The van der Waals surface area contributed by atoms with E-state index in [9.17, 15) is 22.8 Å². The van der Waals surface area contributed by atoms with E-state index in [0.717, 1.165) is 41.6 Å². The summed E-state index contributed by atoms with van der Waals surface area (Å²) in [6.45, 7) is 2.67. The van der Waals surface area contributed by atoms with E-state index in [1.165, 1.54) is 5.56 Å². The molecule has 11 heteroatoms. The number of carbonyl (C=O) groups excluding carboxylic acids is 2. The first kappa shape index (κ1) is 25.2. The first-order valence-electron chi connectivity index (χ1n) is 9.55. The summed E-state index contributed by atoms with van der Waals surface area (Å²) in [5.74, 6) is -2.18. The van der Waals surface area contributed by atoms with Gasteiger partial charge < -0.3 is 9.84 Å². The van der Waals surface area contributed by atoms with Crippen LogP contribution in [0.3, 0.4) is 0 Å². The van der Waals surface area contributed by atoms with E-state index in [-0.39, 0.29) is 16.4 Å². The molecule has 0 bridgehead atoms. The van der Waals surface area contributed by atoms with Gasteiger partial charge in [-0.1, -0.05) is 36.9 Å². The Morgan fingerprint density at radius 3 is 2.25 bits per heavy atom. The minimum Gasteiger partial charge on any atom is -0.493 e. The predicted molar refractivity (Wildman–Crippen MR) is 112 cm³/mol. The van der Waals surface area contributed by atoms with E-state index in [1.807, 2.05) is 36.5 Å². The van der Waals surface area contributed by atoms with Crippen LogP contribution in [0.15, 0.2) is 42.6 Å². The summed E-state index contributed by atoms with van der Waals surface area (Å²) in [4.78, 5) is 36.1. The molecule has 2 aromatic rings. The molecule has 1 aliphatic heterocycles. The number of ether oxygens (including phenoxy) is 1. The number of amides is 2. The van der Waals surface area contributed by atoms with Crippen molar-refractivity contribution >= 4 is 28.9 Å². The first-order valence-corrected chi connectivity index (χ1v) is 10.4. The van der Waals surface area contributed by atoms with Gasteiger partial charge in [0.1, 0.15) is 5.75 Å². The van der Waals surface area contributed by atoms with Crippen LogP contribution in [0.4, 0.5) is 18.0 Å². The number of aliphatic carboxylic acids is 1. The van der Waals surface area contributed by atoms with Crippen molar-refractivity contribution < 1.29 is 37.4 Å². The van der Waals surface area contributed by atoms with Crippen molar-refractivity contribution in [2.45, 2.75) is 37.6 Å². The van der Waals surface area contributed by atoms with Crippen LogP contribution in [-0.2, 0) is 28.9 Å². The number of aromatic nitrogens is 1. The summed E-state index contributed by atoms with van der Waals surface area (Å²) < 4.78 is 37.5. The quantitative estimate of drug-likeness (QED) is 0.634. The van der Waals surface area contributed by atoms with Gasteiger partial charge in [-0.15, -0.1) is 0 Å². The monoisotopic (exact) mass is 470 g/mol. The summed E-state index contributed by atoms with van der Waals surface area (Å²) in [5.41, 5.74) is 3.25. The number of nitrogens with zero attached hydrogens (tertiary/aromatic N) is 1. The second-order valence-electron chi connectivity index (χ2n) is 6.64. The van der Waals surface area contributed by atoms with E-state index in [0.29, 0.717) is 13.0 Å². The number of imide groups is 1. The summed E-state index contributed by atoms with van der Waals surface area (Å²) in [5, 5.41) is 8.82. The van der Waals surface area contributed by atoms with Crippen LogP contribution in [-0.4, -0.2) is 45.2 Å². The predicted octanol–water partition coefficient (Wildman–Crippen LogP) is 3.79. The van der Waals surface area contributed by atoms with Gasteiger partial charge in [0.25, 0.3) is 5.24 Å². The summed E-state index contributed by atoms with van der Waals surface area (Å²) in [6, 6.07) is 11.8. The minimum absolute atomic E-state index is 0.211. The van der Waals surface area contributed by atoms with Crippen LogP contribution in [0.5, 0.6) is 5.75 Å². The molecule has 1 atom stereocenters. The molecule has 3 rings (SSSR count). The fourth-order valence-electron chi connectivity index (χ4n) is 2.55. The zero-order valence-electron chi connectivity index (χ0n) is 17.0. The summed E-state index contributed by atoms with van der Waals surface area (Å²) in [6.07, 6.45) is -0.889. The van der Waals surface area contributed by atoms with Gasteiger partial charge >= 0.3 is 12.1 Å². The zero-order chi connectivity index (χ0) is 23.7. The number of carboxylic acids is 1. The lowest BCUT2D eigenvalue weighted by molar-refractivity contribution is -0.192. The Morgan fingerprint density at radius 1 is 1.16 bits per heavy atom. The highest BCUT2D eigenvalue weighted by molar-refractivity contribution is 8.15. The van der Waals surface area contributed by atoms with Gasteiger partial charge in [-0.2, -0.15) is 13.2 Å². The number of rotatable bonds is 7. The number of pyridine rings is 1. The molecule has 2 N–H and O–H groups in total. The molecule has 1 fully saturated rings. The third kappa shape index (κ3) is 8.22. The Labute approximate surface area is 186 Å². The molecule has 0 saturated carbocycles. The van der Waals surface area contributed by atoms with Crippen molar-refractivity contribution in [2.75, 3.05) is 6.61 Å². The van der Waals surface area contributed by atoms with Crippen LogP contribution in [0.1, 0.15) is 23.7 Å². The number of hydrogen-bond acceptors (Lipinski definition) is 6. The molecule has 0 aliphatic carbocycles. The number of hydrogen-bond donors (Lipinski definition) is 2. The van der Waals surface area contributed by atoms with Crippen LogP contribution in [0.2, 0.25) is 0 Å². The van der Waals surface area contributed by atoms with Crippen molar-refractivity contribution in [3.8, 4) is 5.75 Å². The number of carbonyl (C=O) groups is 3. The third-order valence-corrected chi connectivity index (χ3v) is 5.26. The maximum Gasteiger partial charge on any atom is 0.490 e. The summed E-state index contributed by atoms with van der Waals surface area (Å²) in [7, 11) is 0. The fraction of sp³-hybridized carbons (Fsp3) is 0.333. The van der Waals surface area contributed by atoms with E-state index in [2.05, 4.69) is 23.3 Å². The van der Waals surface area contributed by atoms with Gasteiger partial charge in [-0.05, 0) is 42.2 Å². The number of carboxylic acid groups (broad SMARTS) is 1. The van der Waals surface area contributed by atoms with Gasteiger partial charge in [0, 0.05) is 18.3 Å². The molecule has 1 saturated heterocycles. The Hall–Kier alpha value is -3.08. The van der Waals surface area contributed by atoms with Crippen LogP contribution >= 0.6 is 11.8 Å². The molecular formula is C21H21F3N2O5S. The molecule has 1 aromatic carbocycles. The Balaban J connectivity index is 0.000000451. The van der Waals surface area contributed by atoms with Crippen molar-refractivity contribution in [1.29, 1.82) is 0 Å². The van der Waals surface area contributed by atoms with E-state index in [1.54, 1.807) is 0 Å². The third-order valence-electron chi connectivity index (χ3n) is 4.28. The second-order valence-corrected chi connectivity index (χ2v) is 7.82. The minimum atomic E-state index is -5.08. The van der Waals surface area contributed by atoms with E-state index in [4.69, 9.17) is 14.6 Å². The Morgan fingerprint density at radius 2 is 1.78 bits per heavy atom. The van der Waals surface area contributed by atoms with Crippen LogP contribution in [0.25, 0.3) is 0 Å². The molecule has 0 unspecified atom stereocenters. The molecule has 172 valence electrons. The highest BCUT2D eigenvalue weighted by atomic mass is 32.2. The average Bonchev–Trinajstić information content (AvgIpc) is 3.06. The smallest absolute Gasteiger partial charge is 0.490 e. The number of benzene rings is 1. The van der Waals surface area contributed by atoms with Gasteiger partial charge in [0.2, 0.25) is 5.91 Å². The SMILES string of the molecule is CCc1ccc(CCOc2ccc(C[C@@H]3SC(=O)NC3=O)cc2)nc1.O=C(O)C(F)(F)F. The highest BCUT2D eigenvalue weighted by Crippen LogP contribution is 2.24. The summed E-state index contributed by atoms with van der Waals surface area (Å²) >= 11 is 1.05. The highest BCUT2D eigenvalue weighted by Gasteiger charge is 2.38. The van der Waals surface area contributed by atoms with Crippen molar-refractivity contribution in [3.63, 3.8) is 0 Å². The molecule has 0 spiro atoms. The van der Waals surface area contributed by atoms with E-state index >= 15 is 0 Å². The number of nitrogens with one attached hydrogen (secondary N) is 1. The average molecular weight is 470 g/mol. The van der Waals surface area contributed by atoms with Gasteiger partial charge in [0.15, 0.2) is 0 Å². The molecule has 1 aliphatic rings. The normalized spacial score (nSPS) is 15.6. The molecule has 2 heterocycles. The largest absolute Gasteiger partial charge is 0.493 e. The van der Waals surface area contributed by atoms with Gasteiger partial charge in [0.05, 0.1) is 11.9 Å². The Bertz CT molecular complexity index is 934. The maximum atomic E-state index is 11.6. The second kappa shape index (κ2) is 11.5. The number of thioether (sulfide) groups is 1. The molecular weight excluding hydrogens is 449 g/mol. The lowest BCUT2D eigenvalue weighted by Crippen LogP contribution is -2.25. The van der Waals surface area contributed by atoms with Crippen molar-refractivity contribution in [2.24, 2.45) is 0 Å². The molecule has 1 aromatic heterocycles. The van der Waals surface area contributed by atoms with Gasteiger partial charge in [-0.25, -0.2) is 4.79 Å². The molecule has 2 amide bonds. The number of alkyl halides is 3. The lowest BCUT2D eigenvalue weighted by atomic mass is 10.1. The van der Waals surface area contributed by atoms with Gasteiger partial charge in [-0.3, -0.25) is 19.9 Å². The maximum absolute atomic E-state index is 11.6. The fourth-order valence-corrected chi connectivity index (χ4v) is 3.41. The number of halogens is 3. The molecule has 7 nitrogen and oxygen atoms in total. The molecule has 0 radical (unpaired) electrons. The first-order chi connectivity index (χ1) is 15.1. The van der Waals surface area contributed by atoms with Crippen molar-refractivity contribution in [3.05, 3.63) is 59.4 Å². The number of aryl methyl sites for hydroxylation is 1. The molecule has 32 heavy (non-hydrogen) atoms. The lowest BCUT2D eigenvalue weighted by Gasteiger charge is -2.09. The Kier molecular flexibility index (Phi) is 9.06. The standard InChI is InChI=1S/C19H20N2O3S.C2HF3O2/c1-2-13-3-6-15(20-12-13)9-10-24-16-7-4-14(5-8-16)11-17-18(22)21-19(23)25-17;3-2(4,5)1(6)7/h3-8,12,17H,2,9-11H2,1H3,(H,21,22,23);(H,6,7)/t17-;/m0./s1. The van der Waals surface area contributed by atoms with Crippen LogP contribution in [0, 0.1) is 0 Å². The zero-order valence-corrected chi connectivity index (χ0v) is 17.8. The van der Waals surface area contributed by atoms with Crippen LogP contribution < -0.4 is 10.1 Å². The van der Waals surface area contributed by atoms with Crippen molar-refractivity contribution in [1.82, 2.24) is 10.3 Å².